The number of anilines is 1. The second-order valence-electron chi connectivity index (χ2n) is 11.0. The number of rotatable bonds is 6. The summed E-state index contributed by atoms with van der Waals surface area (Å²) in [7, 11) is 0. The Morgan fingerprint density at radius 2 is 1.81 bits per heavy atom. The molecule has 3 aliphatic heterocycles. The maximum Gasteiger partial charge on any atom is 0.247 e. The maximum absolute atomic E-state index is 13.0. The third kappa shape index (κ3) is 5.08. The number of nitrogens with one attached hydrogen (secondary N) is 1. The number of carbonyl (C=O) groups is 2. The zero-order chi connectivity index (χ0) is 26.2. The molecule has 1 atom stereocenters. The van der Waals surface area contributed by atoms with Crippen LogP contribution < -0.4 is 10.2 Å². The van der Waals surface area contributed by atoms with Crippen LogP contribution in [0.2, 0.25) is 10.0 Å². The lowest BCUT2D eigenvalue weighted by molar-refractivity contribution is -0.128. The molecule has 3 aliphatic rings. The van der Waals surface area contributed by atoms with Crippen LogP contribution in [0.4, 0.5) is 5.69 Å². The highest BCUT2D eigenvalue weighted by atomic mass is 35.5. The molecule has 8 heteroatoms. The van der Waals surface area contributed by atoms with Crippen molar-refractivity contribution in [3.8, 4) is 0 Å². The van der Waals surface area contributed by atoms with E-state index in [0.29, 0.717) is 16.7 Å². The first-order valence-corrected chi connectivity index (χ1v) is 14.0. The average molecular weight is 544 g/mol. The van der Waals surface area contributed by atoms with Crippen molar-refractivity contribution in [3.63, 3.8) is 0 Å². The van der Waals surface area contributed by atoms with Gasteiger partial charge in [0.15, 0.2) is 0 Å². The molecular weight excluding hydrogens is 507 g/mol. The minimum absolute atomic E-state index is 0.107. The van der Waals surface area contributed by atoms with Crippen molar-refractivity contribution in [2.45, 2.75) is 56.9 Å². The second kappa shape index (κ2) is 10.5. The van der Waals surface area contributed by atoms with Crippen LogP contribution in [0.25, 0.3) is 0 Å². The quantitative estimate of drug-likeness (QED) is 0.557. The van der Waals surface area contributed by atoms with E-state index in [1.165, 1.54) is 11.1 Å². The van der Waals surface area contributed by atoms with E-state index in [-0.39, 0.29) is 17.2 Å². The van der Waals surface area contributed by atoms with Crippen molar-refractivity contribution >= 4 is 40.7 Å². The Morgan fingerprint density at radius 3 is 2.49 bits per heavy atom. The standard InChI is InChI=1S/C29H36Cl2N4O2/c1-21-5-3-6-24(17-21)35-20-32-27(37)29(35)11-14-33(15-12-29)13-4-9-28(10-16-34(19-28)22(2)36)23-7-8-25(30)26(31)18-23/h3,5-8,17-18H,4,9-16,19-20H2,1-2H3,(H,32,37). The highest BCUT2D eigenvalue weighted by Gasteiger charge is 2.50. The minimum atomic E-state index is -0.459. The predicted octanol–water partition coefficient (Wildman–Crippen LogP) is 5.00. The van der Waals surface area contributed by atoms with Gasteiger partial charge in [0.05, 0.1) is 16.7 Å². The molecule has 3 heterocycles. The number of carbonyl (C=O) groups excluding carboxylic acids is 2. The zero-order valence-corrected chi connectivity index (χ0v) is 23.2. The van der Waals surface area contributed by atoms with E-state index < -0.39 is 5.54 Å². The first-order valence-electron chi connectivity index (χ1n) is 13.3. The van der Waals surface area contributed by atoms with Gasteiger partial charge in [-0.2, -0.15) is 0 Å². The van der Waals surface area contributed by atoms with E-state index >= 15 is 0 Å². The van der Waals surface area contributed by atoms with E-state index in [2.05, 4.69) is 52.4 Å². The van der Waals surface area contributed by atoms with E-state index in [9.17, 15) is 9.59 Å². The molecule has 198 valence electrons. The fraction of sp³-hybridized carbons (Fsp3) is 0.517. The molecule has 2 aromatic carbocycles. The van der Waals surface area contributed by atoms with Gasteiger partial charge in [0.25, 0.3) is 0 Å². The van der Waals surface area contributed by atoms with E-state index in [1.807, 2.05) is 17.0 Å². The summed E-state index contributed by atoms with van der Waals surface area (Å²) in [6.45, 7) is 8.57. The first-order chi connectivity index (χ1) is 17.7. The summed E-state index contributed by atoms with van der Waals surface area (Å²) in [5, 5.41) is 4.22. The molecular formula is C29H36Cl2N4O2. The number of benzene rings is 2. The fourth-order valence-corrected chi connectivity index (χ4v) is 6.86. The molecule has 1 spiro atoms. The number of piperidine rings is 1. The highest BCUT2D eigenvalue weighted by molar-refractivity contribution is 6.42. The third-order valence-electron chi connectivity index (χ3n) is 8.79. The van der Waals surface area contributed by atoms with Crippen LogP contribution in [0.5, 0.6) is 0 Å². The number of nitrogens with zero attached hydrogens (tertiary/aromatic N) is 3. The smallest absolute Gasteiger partial charge is 0.247 e. The van der Waals surface area contributed by atoms with Crippen LogP contribution in [0.3, 0.4) is 0 Å². The Bertz CT molecular complexity index is 1180. The molecule has 0 saturated carbocycles. The highest BCUT2D eigenvalue weighted by Crippen LogP contribution is 2.41. The first kappa shape index (κ1) is 26.3. The summed E-state index contributed by atoms with van der Waals surface area (Å²) in [5.74, 6) is 0.277. The summed E-state index contributed by atoms with van der Waals surface area (Å²) >= 11 is 12.6. The van der Waals surface area contributed by atoms with Crippen LogP contribution in [0.1, 0.15) is 50.2 Å². The van der Waals surface area contributed by atoms with Crippen molar-refractivity contribution in [2.75, 3.05) is 44.3 Å². The Morgan fingerprint density at radius 1 is 1.03 bits per heavy atom. The predicted molar refractivity (Wildman–Crippen MR) is 149 cm³/mol. The van der Waals surface area contributed by atoms with Crippen LogP contribution in [-0.4, -0.2) is 66.5 Å². The molecule has 6 nitrogen and oxygen atoms in total. The number of likely N-dealkylation sites (tertiary alicyclic amines) is 2. The summed E-state index contributed by atoms with van der Waals surface area (Å²) in [5.41, 5.74) is 2.92. The number of aryl methyl sites for hydroxylation is 1. The zero-order valence-electron chi connectivity index (χ0n) is 21.7. The minimum Gasteiger partial charge on any atom is -0.342 e. The summed E-state index contributed by atoms with van der Waals surface area (Å²) in [4.78, 5) is 31.9. The third-order valence-corrected chi connectivity index (χ3v) is 9.53. The van der Waals surface area contributed by atoms with Gasteiger partial charge in [-0.25, -0.2) is 0 Å². The Labute approximate surface area is 229 Å². The Hall–Kier alpha value is -2.28. The van der Waals surface area contributed by atoms with Crippen molar-refractivity contribution in [1.29, 1.82) is 0 Å². The molecule has 3 saturated heterocycles. The van der Waals surface area contributed by atoms with Crippen molar-refractivity contribution in [3.05, 3.63) is 63.6 Å². The summed E-state index contributed by atoms with van der Waals surface area (Å²) in [6.07, 6.45) is 4.57. The molecule has 0 radical (unpaired) electrons. The second-order valence-corrected chi connectivity index (χ2v) is 11.8. The van der Waals surface area contributed by atoms with E-state index in [1.54, 1.807) is 6.92 Å². The van der Waals surface area contributed by atoms with Gasteiger partial charge in [-0.05, 0) is 81.0 Å². The summed E-state index contributed by atoms with van der Waals surface area (Å²) < 4.78 is 0. The van der Waals surface area contributed by atoms with Gasteiger partial charge in [-0.15, -0.1) is 0 Å². The topological polar surface area (TPSA) is 55.9 Å². The molecule has 0 bridgehead atoms. The SMILES string of the molecule is CC(=O)N1CCC(CCCN2CCC3(CC2)C(=O)NCN3c2cccc(C)c2)(c2ccc(Cl)c(Cl)c2)C1. The van der Waals surface area contributed by atoms with Crippen LogP contribution >= 0.6 is 23.2 Å². The van der Waals surface area contributed by atoms with Crippen LogP contribution in [0.15, 0.2) is 42.5 Å². The number of hydrogen-bond donors (Lipinski definition) is 1. The van der Waals surface area contributed by atoms with Gasteiger partial charge < -0.3 is 20.0 Å². The Balaban J connectivity index is 1.23. The van der Waals surface area contributed by atoms with E-state index in [4.69, 9.17) is 23.2 Å². The van der Waals surface area contributed by atoms with Gasteiger partial charge in [-0.3, -0.25) is 9.59 Å². The Kier molecular flexibility index (Phi) is 7.45. The molecule has 2 amide bonds. The molecule has 2 aromatic rings. The van der Waals surface area contributed by atoms with Gasteiger partial charge in [0.2, 0.25) is 11.8 Å². The fourth-order valence-electron chi connectivity index (χ4n) is 6.56. The molecule has 1 N–H and O–H groups in total. The van der Waals surface area contributed by atoms with Crippen molar-refractivity contribution in [1.82, 2.24) is 15.1 Å². The van der Waals surface area contributed by atoms with Gasteiger partial charge in [-0.1, -0.05) is 41.4 Å². The lowest BCUT2D eigenvalue weighted by atomic mass is 9.76. The van der Waals surface area contributed by atoms with Crippen LogP contribution in [0, 0.1) is 6.92 Å². The van der Waals surface area contributed by atoms with Crippen LogP contribution in [-0.2, 0) is 15.0 Å². The van der Waals surface area contributed by atoms with Gasteiger partial charge in [0, 0.05) is 44.2 Å². The lowest BCUT2D eigenvalue weighted by Gasteiger charge is -2.43. The van der Waals surface area contributed by atoms with Crippen molar-refractivity contribution < 1.29 is 9.59 Å². The maximum atomic E-state index is 13.0. The molecule has 37 heavy (non-hydrogen) atoms. The van der Waals surface area contributed by atoms with Crippen molar-refractivity contribution in [2.24, 2.45) is 0 Å². The monoisotopic (exact) mass is 542 g/mol. The average Bonchev–Trinajstić information content (AvgIpc) is 3.45. The molecule has 5 rings (SSSR count). The molecule has 1 unspecified atom stereocenters. The van der Waals surface area contributed by atoms with Gasteiger partial charge in [0.1, 0.15) is 5.54 Å². The largest absolute Gasteiger partial charge is 0.342 e. The lowest BCUT2D eigenvalue weighted by Crippen LogP contribution is -2.56. The normalized spacial score (nSPS) is 23.6. The molecule has 0 aliphatic carbocycles. The molecule has 3 fully saturated rings. The summed E-state index contributed by atoms with van der Waals surface area (Å²) in [6, 6.07) is 14.4. The van der Waals surface area contributed by atoms with E-state index in [0.717, 1.165) is 70.5 Å². The van der Waals surface area contributed by atoms with Gasteiger partial charge >= 0.3 is 0 Å². The molecule has 0 aromatic heterocycles. The number of hydrogen-bond acceptors (Lipinski definition) is 4. The number of amides is 2. The number of halogens is 2.